The lowest BCUT2D eigenvalue weighted by molar-refractivity contribution is -1.01. The van der Waals surface area contributed by atoms with E-state index >= 15 is 13.2 Å². The van der Waals surface area contributed by atoms with Crippen molar-refractivity contribution in [2.75, 3.05) is 26.7 Å². The minimum atomic E-state index is -5.74. The normalized spacial score (nSPS) is 14.4. The number of methoxy groups -OCH3 is 1. The summed E-state index contributed by atoms with van der Waals surface area (Å²) in [6, 6.07) is -1.90. The van der Waals surface area contributed by atoms with E-state index in [1.165, 1.54) is 0 Å². The van der Waals surface area contributed by atoms with Gasteiger partial charge in [0.1, 0.15) is 17.2 Å². The predicted molar refractivity (Wildman–Crippen MR) is 191 cm³/mol. The third kappa shape index (κ3) is 13.2. The fourth-order valence-corrected chi connectivity index (χ4v) is 6.85. The number of benzene rings is 3. The molecule has 3 rings (SSSR count). The van der Waals surface area contributed by atoms with Crippen LogP contribution in [0.3, 0.4) is 0 Å². The average molecular weight is 941 g/mol. The Morgan fingerprint density at radius 1 is 0.444 bits per heavy atom. The van der Waals surface area contributed by atoms with Gasteiger partial charge in [-0.25, -0.2) is 0 Å². The quantitative estimate of drug-likeness (QED) is 0.0551. The molecule has 0 saturated carbocycles. The van der Waals surface area contributed by atoms with Crippen molar-refractivity contribution in [3.05, 3.63) is 87.5 Å². The Morgan fingerprint density at radius 3 is 1.03 bits per heavy atom. The first-order valence-corrected chi connectivity index (χ1v) is 19.0. The molecule has 1 unspecified atom stereocenters. The van der Waals surface area contributed by atoms with Crippen LogP contribution in [-0.4, -0.2) is 38.5 Å². The summed E-state index contributed by atoms with van der Waals surface area (Å²) in [5.74, 6) is -4.80. The topological polar surface area (TPSA) is 36.9 Å². The summed E-state index contributed by atoms with van der Waals surface area (Å²) in [4.78, 5) is 0. The standard InChI is InChI=1S/C39H41BF18NO4/c1-6-9-12-59(13-10-7-2,14-11-8-3)33(4,60-5)32-30(39(56,57)58)21-27(38(53,54)55)22-31(32)63-40(61-28-17-23(34(41,42)43)15-24(18-28)35(44,45)46)62-29-19-25(36(47,48)49)16-26(20-29)37(50,51)52/h15-22H,6-14H2,1-5H3/q+1. The number of unbranched alkanes of at least 4 members (excludes halogenated alkanes) is 3. The third-order valence-electron chi connectivity index (χ3n) is 10.1. The minimum Gasteiger partial charge on any atom is -0.490 e. The number of hydrogen-bond acceptors (Lipinski definition) is 4. The first kappa shape index (κ1) is 53.1. The second-order valence-corrected chi connectivity index (χ2v) is 14.6. The van der Waals surface area contributed by atoms with Gasteiger partial charge in [-0.05, 0) is 67.8 Å². The summed E-state index contributed by atoms with van der Waals surface area (Å²) in [6.07, 6.45) is -31.7. The summed E-state index contributed by atoms with van der Waals surface area (Å²) >= 11 is 0. The molecule has 3 aromatic rings. The van der Waals surface area contributed by atoms with Crippen LogP contribution in [0.15, 0.2) is 48.5 Å². The van der Waals surface area contributed by atoms with Crippen molar-refractivity contribution < 1.29 is 102 Å². The lowest BCUT2D eigenvalue weighted by Crippen LogP contribution is -2.64. The van der Waals surface area contributed by atoms with E-state index in [-0.39, 0.29) is 75.3 Å². The molecule has 3 aromatic carbocycles. The Morgan fingerprint density at radius 2 is 0.762 bits per heavy atom. The Hall–Kier alpha value is -4.22. The van der Waals surface area contributed by atoms with Gasteiger partial charge in [-0.3, -0.25) is 4.48 Å². The molecule has 0 amide bonds. The van der Waals surface area contributed by atoms with E-state index in [2.05, 4.69) is 0 Å². The largest absolute Gasteiger partial charge is 0.864 e. The summed E-state index contributed by atoms with van der Waals surface area (Å²) < 4.78 is 277. The molecular weight excluding hydrogens is 899 g/mol. The van der Waals surface area contributed by atoms with Gasteiger partial charge in [0.05, 0.1) is 58.6 Å². The average Bonchev–Trinajstić information content (AvgIpc) is 3.14. The molecule has 0 radical (unpaired) electrons. The van der Waals surface area contributed by atoms with Crippen LogP contribution in [-0.2, 0) is 47.5 Å². The number of nitrogens with zero attached hydrogens (tertiary/aromatic N) is 1. The fraction of sp³-hybridized carbons (Fsp3) is 0.538. The highest BCUT2D eigenvalue weighted by atomic mass is 19.4. The van der Waals surface area contributed by atoms with E-state index in [1.807, 2.05) is 0 Å². The van der Waals surface area contributed by atoms with Crippen LogP contribution in [0.5, 0.6) is 17.2 Å². The molecule has 63 heavy (non-hydrogen) atoms. The predicted octanol–water partition coefficient (Wildman–Crippen LogP) is 14.4. The summed E-state index contributed by atoms with van der Waals surface area (Å²) in [7, 11) is -2.43. The highest BCUT2D eigenvalue weighted by Gasteiger charge is 2.56. The zero-order valence-electron chi connectivity index (χ0n) is 33.9. The van der Waals surface area contributed by atoms with Crippen molar-refractivity contribution in [3.8, 4) is 17.2 Å². The Balaban J connectivity index is 2.61. The lowest BCUT2D eigenvalue weighted by atomic mass is 9.89. The van der Waals surface area contributed by atoms with Gasteiger partial charge in [-0.2, -0.15) is 79.0 Å². The number of rotatable bonds is 18. The van der Waals surface area contributed by atoms with Crippen LogP contribution in [0.2, 0.25) is 0 Å². The number of ether oxygens (including phenoxy) is 1. The SMILES string of the molecule is CCCC[N+](CCCC)(CCCC)C(C)(OC)c1c(OB(Oc2cc(C(F)(F)F)cc(C(F)(F)F)c2)Oc2cc(C(F)(F)F)cc(C(F)(F)F)c2)cc(C(F)(F)F)cc1C(F)(F)F. The molecule has 354 valence electrons. The molecule has 0 N–H and O–H groups in total. The number of alkyl halides is 18. The molecule has 5 nitrogen and oxygen atoms in total. The lowest BCUT2D eigenvalue weighted by Gasteiger charge is -2.52. The van der Waals surface area contributed by atoms with Crippen molar-refractivity contribution in [1.82, 2.24) is 0 Å². The summed E-state index contributed by atoms with van der Waals surface area (Å²) in [5, 5.41) is 0. The van der Waals surface area contributed by atoms with E-state index in [9.17, 15) is 65.9 Å². The molecule has 0 spiro atoms. The molecule has 0 heterocycles. The number of hydrogen-bond donors (Lipinski definition) is 0. The van der Waals surface area contributed by atoms with E-state index < -0.39 is 123 Å². The van der Waals surface area contributed by atoms with Crippen molar-refractivity contribution in [2.45, 2.75) is 109 Å². The molecular formula is C39H41BF18NO4+. The maximum atomic E-state index is 15.3. The smallest absolute Gasteiger partial charge is 0.490 e. The zero-order chi connectivity index (χ0) is 48.2. The van der Waals surface area contributed by atoms with Gasteiger partial charge >= 0.3 is 44.4 Å². The van der Waals surface area contributed by atoms with Crippen molar-refractivity contribution in [2.24, 2.45) is 0 Å². The van der Waals surface area contributed by atoms with E-state index in [0.29, 0.717) is 19.3 Å². The first-order valence-electron chi connectivity index (χ1n) is 19.0. The molecule has 0 aromatic heterocycles. The van der Waals surface area contributed by atoms with Crippen LogP contribution in [0.25, 0.3) is 0 Å². The van der Waals surface area contributed by atoms with Crippen LogP contribution < -0.4 is 14.0 Å². The van der Waals surface area contributed by atoms with E-state index in [0.717, 1.165) is 14.0 Å². The van der Waals surface area contributed by atoms with Gasteiger partial charge in [-0.1, -0.05) is 40.0 Å². The second-order valence-electron chi connectivity index (χ2n) is 14.6. The second kappa shape index (κ2) is 19.5. The summed E-state index contributed by atoms with van der Waals surface area (Å²) in [5.41, 5.74) is -16.3. The van der Waals surface area contributed by atoms with Gasteiger partial charge in [-0.15, -0.1) is 0 Å². The van der Waals surface area contributed by atoms with Crippen molar-refractivity contribution in [1.29, 1.82) is 0 Å². The van der Waals surface area contributed by atoms with Gasteiger partial charge < -0.3 is 18.7 Å². The maximum Gasteiger partial charge on any atom is 0.864 e. The van der Waals surface area contributed by atoms with Crippen LogP contribution in [0, 0.1) is 0 Å². The zero-order valence-corrected chi connectivity index (χ0v) is 33.9. The third-order valence-corrected chi connectivity index (χ3v) is 10.1. The monoisotopic (exact) mass is 940 g/mol. The maximum absolute atomic E-state index is 15.3. The summed E-state index contributed by atoms with van der Waals surface area (Å²) in [6.45, 7) is 6.25. The molecule has 24 heteroatoms. The number of halogens is 18. The molecule has 0 saturated heterocycles. The highest BCUT2D eigenvalue weighted by molar-refractivity contribution is 6.39. The van der Waals surface area contributed by atoms with Crippen molar-refractivity contribution >= 4 is 7.32 Å². The van der Waals surface area contributed by atoms with Crippen LogP contribution in [0.1, 0.15) is 105 Å². The van der Waals surface area contributed by atoms with Gasteiger partial charge in [0, 0.05) is 14.0 Å². The minimum absolute atomic E-state index is 0.00390. The fourth-order valence-electron chi connectivity index (χ4n) is 6.85. The van der Waals surface area contributed by atoms with Crippen LogP contribution >= 0.6 is 0 Å². The van der Waals surface area contributed by atoms with Crippen LogP contribution in [0.4, 0.5) is 79.0 Å². The Labute approximate surface area is 350 Å². The molecule has 0 aliphatic rings. The Bertz CT molecular complexity index is 1830. The molecule has 1 atom stereocenters. The first-order chi connectivity index (χ1) is 28.7. The van der Waals surface area contributed by atoms with Gasteiger partial charge in [0.2, 0.25) is 5.72 Å². The van der Waals surface area contributed by atoms with E-state index in [1.54, 1.807) is 20.8 Å². The van der Waals surface area contributed by atoms with Gasteiger partial charge in [0.15, 0.2) is 0 Å². The molecule has 0 fully saturated rings. The molecule has 0 bridgehead atoms. The highest BCUT2D eigenvalue weighted by Crippen LogP contribution is 2.51. The van der Waals surface area contributed by atoms with E-state index in [4.69, 9.17) is 18.7 Å². The van der Waals surface area contributed by atoms with Crippen molar-refractivity contribution in [3.63, 3.8) is 0 Å². The Kier molecular flexibility index (Phi) is 16.4. The molecule has 0 aliphatic carbocycles. The van der Waals surface area contributed by atoms with Gasteiger partial charge in [0.25, 0.3) is 0 Å². The number of quaternary nitrogens is 1. The molecule has 0 aliphatic heterocycles.